The van der Waals surface area contributed by atoms with Gasteiger partial charge in [-0.05, 0) is 18.6 Å². The van der Waals surface area contributed by atoms with Crippen molar-refractivity contribution in [2.24, 2.45) is 5.73 Å². The Balaban J connectivity index is 2.58. The van der Waals surface area contributed by atoms with E-state index in [0.717, 1.165) is 6.07 Å². The van der Waals surface area contributed by atoms with Crippen LogP contribution in [0.2, 0.25) is 0 Å². The van der Waals surface area contributed by atoms with Crippen molar-refractivity contribution in [3.8, 4) is 6.07 Å². The Morgan fingerprint density at radius 3 is 2.90 bits per heavy atom. The van der Waals surface area contributed by atoms with Crippen LogP contribution < -0.4 is 11.2 Å². The first-order chi connectivity index (χ1) is 9.54. The van der Waals surface area contributed by atoms with Crippen LogP contribution in [0.25, 0.3) is 10.9 Å². The lowest BCUT2D eigenvalue weighted by atomic mass is 9.97. The van der Waals surface area contributed by atoms with Crippen LogP contribution in [0.3, 0.4) is 0 Å². The first kappa shape index (κ1) is 13.7. The average Bonchev–Trinajstić information content (AvgIpc) is 2.38. The molecule has 0 aliphatic rings. The van der Waals surface area contributed by atoms with Gasteiger partial charge in [-0.15, -0.1) is 0 Å². The van der Waals surface area contributed by atoms with Crippen LogP contribution in [-0.2, 0) is 4.79 Å². The summed E-state index contributed by atoms with van der Waals surface area (Å²) in [5.41, 5.74) is 5.37. The normalized spacial score (nSPS) is 12.0. The van der Waals surface area contributed by atoms with Crippen molar-refractivity contribution in [1.82, 2.24) is 4.98 Å². The molecule has 1 atom stereocenters. The van der Waals surface area contributed by atoms with Crippen molar-refractivity contribution in [3.05, 3.63) is 46.0 Å². The lowest BCUT2D eigenvalue weighted by Gasteiger charge is -2.13. The Labute approximate surface area is 113 Å². The highest BCUT2D eigenvalue weighted by Gasteiger charge is 2.20. The molecule has 0 saturated carbocycles. The van der Waals surface area contributed by atoms with Crippen LogP contribution in [0.4, 0.5) is 4.39 Å². The highest BCUT2D eigenvalue weighted by atomic mass is 19.1. The number of rotatable bonds is 4. The molecule has 0 radical (unpaired) electrons. The molecule has 0 spiro atoms. The summed E-state index contributed by atoms with van der Waals surface area (Å²) in [6, 6.07) is 7.29. The van der Waals surface area contributed by atoms with E-state index in [0.29, 0.717) is 11.2 Å². The van der Waals surface area contributed by atoms with Crippen molar-refractivity contribution in [2.45, 2.75) is 18.8 Å². The van der Waals surface area contributed by atoms with E-state index >= 15 is 0 Å². The standard InChI is InChI=1S/C14H12FN3O2/c15-9-4-1-5-10-13(9)12(19)7-11(18-10)8(14(17)20)3-2-6-16/h1,4-5,7-8H,2-3H2,(H2,17,20)(H,18,19)/t8-/m0/s1. The molecule has 0 fully saturated rings. The Morgan fingerprint density at radius 1 is 1.50 bits per heavy atom. The summed E-state index contributed by atoms with van der Waals surface area (Å²) in [7, 11) is 0. The SMILES string of the molecule is N#CCC[C@H](C(N)=O)c1cc(=O)c2c(F)cccc2[nH]1. The largest absolute Gasteiger partial charge is 0.369 e. The second-order valence-corrected chi connectivity index (χ2v) is 4.40. The number of hydrogen-bond donors (Lipinski definition) is 2. The second kappa shape index (κ2) is 5.53. The number of amides is 1. The number of nitrogens with zero attached hydrogens (tertiary/aromatic N) is 1. The van der Waals surface area contributed by atoms with E-state index in [1.165, 1.54) is 12.1 Å². The number of hydrogen-bond acceptors (Lipinski definition) is 3. The molecule has 1 aromatic carbocycles. The molecule has 1 amide bonds. The molecule has 3 N–H and O–H groups in total. The average molecular weight is 273 g/mol. The predicted octanol–water partition coefficient (Wildman–Crippen LogP) is 1.54. The number of pyridine rings is 1. The summed E-state index contributed by atoms with van der Waals surface area (Å²) in [5, 5.41) is 8.53. The van der Waals surface area contributed by atoms with Crippen LogP contribution in [0, 0.1) is 17.1 Å². The number of fused-ring (bicyclic) bond motifs is 1. The molecule has 1 heterocycles. The fraction of sp³-hybridized carbons (Fsp3) is 0.214. The highest BCUT2D eigenvalue weighted by molar-refractivity contribution is 5.84. The van der Waals surface area contributed by atoms with Gasteiger partial charge in [0, 0.05) is 18.2 Å². The Hall–Kier alpha value is -2.68. The molecule has 0 bridgehead atoms. The minimum Gasteiger partial charge on any atom is -0.369 e. The fourth-order valence-corrected chi connectivity index (χ4v) is 2.13. The fourth-order valence-electron chi connectivity index (χ4n) is 2.13. The van der Waals surface area contributed by atoms with Crippen LogP contribution in [0.5, 0.6) is 0 Å². The van der Waals surface area contributed by atoms with Gasteiger partial charge in [0.2, 0.25) is 5.91 Å². The summed E-state index contributed by atoms with van der Waals surface area (Å²) >= 11 is 0. The van der Waals surface area contributed by atoms with Crippen molar-refractivity contribution in [3.63, 3.8) is 0 Å². The lowest BCUT2D eigenvalue weighted by Crippen LogP contribution is -2.23. The van der Waals surface area contributed by atoms with Crippen LogP contribution in [0.1, 0.15) is 24.5 Å². The smallest absolute Gasteiger partial charge is 0.226 e. The first-order valence-corrected chi connectivity index (χ1v) is 6.02. The minimum absolute atomic E-state index is 0.0558. The van der Waals surface area contributed by atoms with Crippen molar-refractivity contribution in [2.75, 3.05) is 0 Å². The van der Waals surface area contributed by atoms with E-state index in [4.69, 9.17) is 11.0 Å². The zero-order valence-corrected chi connectivity index (χ0v) is 10.5. The number of nitrogens with one attached hydrogen (secondary N) is 1. The van der Waals surface area contributed by atoms with Crippen LogP contribution >= 0.6 is 0 Å². The van der Waals surface area contributed by atoms with Gasteiger partial charge in [-0.25, -0.2) is 4.39 Å². The van der Waals surface area contributed by atoms with Gasteiger partial charge >= 0.3 is 0 Å². The van der Waals surface area contributed by atoms with Crippen LogP contribution in [-0.4, -0.2) is 10.9 Å². The quantitative estimate of drug-likeness (QED) is 0.883. The zero-order valence-electron chi connectivity index (χ0n) is 10.5. The van der Waals surface area contributed by atoms with Gasteiger partial charge in [0.15, 0.2) is 5.43 Å². The van der Waals surface area contributed by atoms with Crippen LogP contribution in [0.15, 0.2) is 29.1 Å². The van der Waals surface area contributed by atoms with E-state index in [-0.39, 0.29) is 18.2 Å². The number of carbonyl (C=O) groups excluding carboxylic acids is 1. The number of primary amides is 1. The monoisotopic (exact) mass is 273 g/mol. The number of aromatic amines is 1. The molecular weight excluding hydrogens is 261 g/mol. The molecule has 2 aromatic rings. The molecular formula is C14H12FN3O2. The second-order valence-electron chi connectivity index (χ2n) is 4.40. The third kappa shape index (κ3) is 2.52. The maximum Gasteiger partial charge on any atom is 0.226 e. The maximum absolute atomic E-state index is 13.6. The van der Waals surface area contributed by atoms with Crippen molar-refractivity contribution >= 4 is 16.8 Å². The summed E-state index contributed by atoms with van der Waals surface area (Å²) in [6.07, 6.45) is 0.347. The van der Waals surface area contributed by atoms with E-state index in [2.05, 4.69) is 4.98 Å². The minimum atomic E-state index is -0.769. The van der Waals surface area contributed by atoms with E-state index in [1.807, 2.05) is 6.07 Å². The lowest BCUT2D eigenvalue weighted by molar-refractivity contribution is -0.119. The number of halogens is 1. The number of aromatic nitrogens is 1. The topological polar surface area (TPSA) is 99.7 Å². The maximum atomic E-state index is 13.6. The zero-order chi connectivity index (χ0) is 14.7. The van der Waals surface area contributed by atoms with Gasteiger partial charge in [-0.1, -0.05) is 6.07 Å². The number of carbonyl (C=O) groups is 1. The Bertz CT molecular complexity index is 761. The highest BCUT2D eigenvalue weighted by Crippen LogP contribution is 2.21. The third-order valence-electron chi connectivity index (χ3n) is 3.09. The number of nitriles is 1. The molecule has 102 valence electrons. The van der Waals surface area contributed by atoms with Crippen molar-refractivity contribution in [1.29, 1.82) is 5.26 Å². The molecule has 5 nitrogen and oxygen atoms in total. The van der Waals surface area contributed by atoms with Gasteiger partial charge in [-0.2, -0.15) is 5.26 Å². The Kier molecular flexibility index (Phi) is 3.80. The molecule has 0 aliphatic carbocycles. The molecule has 6 heteroatoms. The first-order valence-electron chi connectivity index (χ1n) is 6.02. The summed E-state index contributed by atoms with van der Waals surface area (Å²) in [6.45, 7) is 0. The van der Waals surface area contributed by atoms with E-state index < -0.39 is 23.1 Å². The number of benzene rings is 1. The van der Waals surface area contributed by atoms with Gasteiger partial charge < -0.3 is 10.7 Å². The summed E-state index contributed by atoms with van der Waals surface area (Å²) in [5.74, 6) is -2.02. The van der Waals surface area contributed by atoms with E-state index in [9.17, 15) is 14.0 Å². The predicted molar refractivity (Wildman–Crippen MR) is 71.3 cm³/mol. The van der Waals surface area contributed by atoms with Crippen molar-refractivity contribution < 1.29 is 9.18 Å². The number of H-pyrrole nitrogens is 1. The van der Waals surface area contributed by atoms with Gasteiger partial charge in [0.1, 0.15) is 5.82 Å². The molecule has 0 saturated heterocycles. The summed E-state index contributed by atoms with van der Waals surface area (Å²) in [4.78, 5) is 26.2. The van der Waals surface area contributed by atoms with Gasteiger partial charge in [-0.3, -0.25) is 9.59 Å². The summed E-state index contributed by atoms with van der Waals surface area (Å²) < 4.78 is 13.6. The Morgan fingerprint density at radius 2 is 2.25 bits per heavy atom. The molecule has 0 unspecified atom stereocenters. The molecule has 2 rings (SSSR count). The molecule has 20 heavy (non-hydrogen) atoms. The number of nitrogens with two attached hydrogens (primary N) is 1. The molecule has 1 aromatic heterocycles. The van der Waals surface area contributed by atoms with Gasteiger partial charge in [0.25, 0.3) is 0 Å². The molecule has 0 aliphatic heterocycles. The third-order valence-corrected chi connectivity index (χ3v) is 3.09. The van der Waals surface area contributed by atoms with Gasteiger partial charge in [0.05, 0.1) is 22.9 Å². The van der Waals surface area contributed by atoms with E-state index in [1.54, 1.807) is 6.07 Å².